The Morgan fingerprint density at radius 1 is 1.48 bits per heavy atom. The number of benzene rings is 1. The molecule has 0 aliphatic heterocycles. The van der Waals surface area contributed by atoms with Gasteiger partial charge in [-0.1, -0.05) is 31.9 Å². The fourth-order valence-electron chi connectivity index (χ4n) is 2.84. The molecule has 1 aromatic carbocycles. The third-order valence-electron chi connectivity index (χ3n) is 3.90. The molecule has 0 heterocycles. The minimum Gasteiger partial charge on any atom is -0.477 e. The molecule has 5 nitrogen and oxygen atoms in total. The summed E-state index contributed by atoms with van der Waals surface area (Å²) >= 11 is 1.72. The van der Waals surface area contributed by atoms with Crippen molar-refractivity contribution >= 4 is 23.4 Å². The molecule has 1 aromatic rings. The number of nitro groups is 1. The number of thioether (sulfide) groups is 1. The van der Waals surface area contributed by atoms with Crippen molar-refractivity contribution in [1.82, 2.24) is 0 Å². The van der Waals surface area contributed by atoms with Crippen LogP contribution in [0.25, 0.3) is 0 Å². The van der Waals surface area contributed by atoms with Gasteiger partial charge in [0.1, 0.15) is 5.56 Å². The quantitative estimate of drug-likeness (QED) is 0.654. The Morgan fingerprint density at radius 3 is 2.86 bits per heavy atom. The van der Waals surface area contributed by atoms with E-state index in [1.54, 1.807) is 23.9 Å². The lowest BCUT2D eigenvalue weighted by molar-refractivity contribution is -0.385. The molecule has 2 unspecified atom stereocenters. The summed E-state index contributed by atoms with van der Waals surface area (Å²) in [5.41, 5.74) is 0.0522. The number of carbonyl (C=O) groups is 1. The van der Waals surface area contributed by atoms with Crippen LogP contribution in [0.3, 0.4) is 0 Å². The standard InChI is InChI=1S/C15H19NO4S/c1-10-4-2-6-12(8-10)21-9-11-5-3-7-13(16(19)20)14(11)15(17)18/h3,5,7,10,12H,2,4,6,8-9H2,1H3,(H,17,18). The van der Waals surface area contributed by atoms with Gasteiger partial charge in [0.25, 0.3) is 5.69 Å². The summed E-state index contributed by atoms with van der Waals surface area (Å²) in [4.78, 5) is 21.7. The van der Waals surface area contributed by atoms with Crippen molar-refractivity contribution < 1.29 is 14.8 Å². The van der Waals surface area contributed by atoms with Gasteiger partial charge in [-0.05, 0) is 24.3 Å². The lowest BCUT2D eigenvalue weighted by Crippen LogP contribution is -2.15. The van der Waals surface area contributed by atoms with Gasteiger partial charge in [-0.15, -0.1) is 0 Å². The van der Waals surface area contributed by atoms with E-state index in [1.165, 1.54) is 18.9 Å². The van der Waals surface area contributed by atoms with Gasteiger partial charge < -0.3 is 5.11 Å². The molecule has 0 spiro atoms. The summed E-state index contributed by atoms with van der Waals surface area (Å²) in [6.45, 7) is 2.24. The van der Waals surface area contributed by atoms with Crippen LogP contribution in [0.5, 0.6) is 0 Å². The van der Waals surface area contributed by atoms with Crippen LogP contribution in [0, 0.1) is 16.0 Å². The monoisotopic (exact) mass is 309 g/mol. The van der Waals surface area contributed by atoms with E-state index in [2.05, 4.69) is 6.92 Å². The first-order valence-corrected chi connectivity index (χ1v) is 8.15. The van der Waals surface area contributed by atoms with Gasteiger partial charge in [-0.25, -0.2) is 4.79 Å². The highest BCUT2D eigenvalue weighted by molar-refractivity contribution is 7.99. The number of carboxylic acid groups (broad SMARTS) is 1. The topological polar surface area (TPSA) is 80.4 Å². The Labute approximate surface area is 127 Å². The van der Waals surface area contributed by atoms with Gasteiger partial charge in [0.05, 0.1) is 4.92 Å². The van der Waals surface area contributed by atoms with E-state index >= 15 is 0 Å². The molecular weight excluding hydrogens is 290 g/mol. The van der Waals surface area contributed by atoms with Crippen molar-refractivity contribution in [2.75, 3.05) is 0 Å². The summed E-state index contributed by atoms with van der Waals surface area (Å²) in [6, 6.07) is 4.49. The molecule has 2 rings (SSSR count). The first-order valence-electron chi connectivity index (χ1n) is 7.10. The molecule has 0 aromatic heterocycles. The Morgan fingerprint density at radius 2 is 2.24 bits per heavy atom. The molecule has 1 aliphatic rings. The van der Waals surface area contributed by atoms with Gasteiger partial charge in [0, 0.05) is 17.1 Å². The normalized spacial score (nSPS) is 22.0. The van der Waals surface area contributed by atoms with E-state index in [4.69, 9.17) is 0 Å². The fourth-order valence-corrected chi connectivity index (χ4v) is 4.30. The van der Waals surface area contributed by atoms with Crippen LogP contribution < -0.4 is 0 Å². The van der Waals surface area contributed by atoms with Crippen molar-refractivity contribution in [2.24, 2.45) is 5.92 Å². The Hall–Kier alpha value is -1.56. The summed E-state index contributed by atoms with van der Waals surface area (Å²) in [5.74, 6) is -0.00374. The predicted molar refractivity (Wildman–Crippen MR) is 82.8 cm³/mol. The zero-order valence-electron chi connectivity index (χ0n) is 11.9. The summed E-state index contributed by atoms with van der Waals surface area (Å²) < 4.78 is 0. The van der Waals surface area contributed by atoms with E-state index < -0.39 is 10.9 Å². The second kappa shape index (κ2) is 6.93. The van der Waals surface area contributed by atoms with E-state index in [1.807, 2.05) is 0 Å². The number of nitrogens with zero attached hydrogens (tertiary/aromatic N) is 1. The Bertz CT molecular complexity index is 546. The molecule has 6 heteroatoms. The molecule has 1 N–H and O–H groups in total. The van der Waals surface area contributed by atoms with Crippen LogP contribution in [-0.2, 0) is 5.75 Å². The fraction of sp³-hybridized carbons (Fsp3) is 0.533. The first kappa shape index (κ1) is 15.8. The SMILES string of the molecule is CC1CCCC(SCc2cccc([N+](=O)[O-])c2C(=O)O)C1. The summed E-state index contributed by atoms with van der Waals surface area (Å²) in [5, 5.41) is 20.7. The summed E-state index contributed by atoms with van der Waals surface area (Å²) in [7, 11) is 0. The molecule has 21 heavy (non-hydrogen) atoms. The van der Waals surface area contributed by atoms with Gasteiger partial charge in [0.2, 0.25) is 0 Å². The lowest BCUT2D eigenvalue weighted by Gasteiger charge is -2.26. The molecule has 0 radical (unpaired) electrons. The van der Waals surface area contributed by atoms with Crippen molar-refractivity contribution in [3.63, 3.8) is 0 Å². The van der Waals surface area contributed by atoms with Crippen LogP contribution in [0.1, 0.15) is 48.5 Å². The third-order valence-corrected chi connectivity index (χ3v) is 5.28. The molecule has 114 valence electrons. The highest BCUT2D eigenvalue weighted by Gasteiger charge is 2.25. The average Bonchev–Trinajstić information content (AvgIpc) is 2.44. The van der Waals surface area contributed by atoms with Crippen molar-refractivity contribution in [3.8, 4) is 0 Å². The van der Waals surface area contributed by atoms with Crippen LogP contribution >= 0.6 is 11.8 Å². The average molecular weight is 309 g/mol. The van der Waals surface area contributed by atoms with Gasteiger partial charge in [0.15, 0.2) is 0 Å². The maximum Gasteiger partial charge on any atom is 0.343 e. The highest BCUT2D eigenvalue weighted by Crippen LogP contribution is 2.35. The molecule has 1 saturated carbocycles. The van der Waals surface area contributed by atoms with Crippen molar-refractivity contribution in [1.29, 1.82) is 0 Å². The minimum atomic E-state index is -1.23. The van der Waals surface area contributed by atoms with Crippen molar-refractivity contribution in [3.05, 3.63) is 39.4 Å². The van der Waals surface area contributed by atoms with Crippen LogP contribution in [0.4, 0.5) is 5.69 Å². The Kier molecular flexibility index (Phi) is 5.22. The lowest BCUT2D eigenvalue weighted by atomic mass is 9.91. The van der Waals surface area contributed by atoms with Crippen LogP contribution in [0.15, 0.2) is 18.2 Å². The largest absolute Gasteiger partial charge is 0.477 e. The minimum absolute atomic E-state index is 0.168. The zero-order chi connectivity index (χ0) is 15.4. The predicted octanol–water partition coefficient (Wildman–Crippen LogP) is 4.10. The Balaban J connectivity index is 2.14. The molecular formula is C15H19NO4S. The molecule has 1 aliphatic carbocycles. The second-order valence-corrected chi connectivity index (χ2v) is 6.87. The van der Waals surface area contributed by atoms with Crippen LogP contribution in [-0.4, -0.2) is 21.2 Å². The summed E-state index contributed by atoms with van der Waals surface area (Å²) in [6.07, 6.45) is 4.75. The molecule has 1 fully saturated rings. The molecule has 0 bridgehead atoms. The number of aromatic carboxylic acids is 1. The number of carboxylic acids is 1. The highest BCUT2D eigenvalue weighted by atomic mass is 32.2. The molecule has 0 amide bonds. The number of hydrogen-bond donors (Lipinski definition) is 1. The van der Waals surface area contributed by atoms with E-state index in [0.717, 1.165) is 12.8 Å². The third kappa shape index (κ3) is 3.97. The number of rotatable bonds is 5. The van der Waals surface area contributed by atoms with Gasteiger partial charge >= 0.3 is 5.97 Å². The maximum absolute atomic E-state index is 11.3. The second-order valence-electron chi connectivity index (χ2n) is 5.58. The first-order chi connectivity index (χ1) is 9.99. The number of hydrogen-bond acceptors (Lipinski definition) is 4. The smallest absolute Gasteiger partial charge is 0.343 e. The van der Waals surface area contributed by atoms with E-state index in [-0.39, 0.29) is 11.3 Å². The van der Waals surface area contributed by atoms with Crippen molar-refractivity contribution in [2.45, 2.75) is 43.6 Å². The van der Waals surface area contributed by atoms with E-state index in [0.29, 0.717) is 22.5 Å². The van der Waals surface area contributed by atoms with Gasteiger partial charge in [-0.2, -0.15) is 11.8 Å². The number of nitro benzene ring substituents is 1. The van der Waals surface area contributed by atoms with Crippen LogP contribution in [0.2, 0.25) is 0 Å². The zero-order valence-corrected chi connectivity index (χ0v) is 12.8. The molecule has 0 saturated heterocycles. The maximum atomic E-state index is 11.3. The van der Waals surface area contributed by atoms with Gasteiger partial charge in [-0.3, -0.25) is 10.1 Å². The molecule has 2 atom stereocenters. The van der Waals surface area contributed by atoms with E-state index in [9.17, 15) is 20.0 Å².